The van der Waals surface area contributed by atoms with Crippen molar-refractivity contribution in [3.63, 3.8) is 0 Å². The van der Waals surface area contributed by atoms with Crippen molar-refractivity contribution >= 4 is 38.9 Å². The van der Waals surface area contributed by atoms with Gasteiger partial charge in [-0.25, -0.2) is 8.42 Å². The minimum Gasteiger partial charge on any atom is -0.370 e. The molecule has 8 nitrogen and oxygen atoms in total. The topological polar surface area (TPSA) is 98.8 Å². The Balaban J connectivity index is 1.61. The zero-order valence-corrected chi connectivity index (χ0v) is 21.4. The summed E-state index contributed by atoms with van der Waals surface area (Å²) in [5, 5.41) is 5.83. The van der Waals surface area contributed by atoms with Crippen LogP contribution in [0.1, 0.15) is 50.4 Å². The predicted octanol–water partition coefficient (Wildman–Crippen LogP) is 4.16. The first-order chi connectivity index (χ1) is 16.7. The molecule has 1 aliphatic heterocycles. The highest BCUT2D eigenvalue weighted by Crippen LogP contribution is 2.38. The highest BCUT2D eigenvalue weighted by atomic mass is 32.2. The fourth-order valence-corrected chi connectivity index (χ4v) is 6.06. The fraction of sp³-hybridized carbons (Fsp3) is 0.462. The average molecular weight is 499 g/mol. The monoisotopic (exact) mass is 498 g/mol. The van der Waals surface area contributed by atoms with E-state index >= 15 is 0 Å². The molecule has 1 saturated heterocycles. The minimum absolute atomic E-state index is 0.0271. The fourth-order valence-electron chi connectivity index (χ4n) is 4.58. The van der Waals surface area contributed by atoms with Gasteiger partial charge in [-0.1, -0.05) is 26.8 Å². The highest BCUT2D eigenvalue weighted by molar-refractivity contribution is 7.89. The van der Waals surface area contributed by atoms with E-state index in [9.17, 15) is 18.0 Å². The lowest BCUT2D eigenvalue weighted by molar-refractivity contribution is -0.117. The smallest absolute Gasteiger partial charge is 0.255 e. The number of nitrogens with one attached hydrogen (secondary N) is 2. The van der Waals surface area contributed by atoms with E-state index in [2.05, 4.69) is 15.5 Å². The van der Waals surface area contributed by atoms with E-state index in [1.54, 1.807) is 56.3 Å². The molecule has 188 valence electrons. The third kappa shape index (κ3) is 5.51. The van der Waals surface area contributed by atoms with Crippen LogP contribution in [0.3, 0.4) is 0 Å². The molecule has 9 heteroatoms. The number of carbonyl (C=O) groups is 2. The summed E-state index contributed by atoms with van der Waals surface area (Å²) in [6.07, 6.45) is 2.99. The van der Waals surface area contributed by atoms with Gasteiger partial charge in [0.05, 0.1) is 16.3 Å². The molecule has 0 radical (unpaired) electrons. The Bertz CT molecular complexity index is 1200. The van der Waals surface area contributed by atoms with Gasteiger partial charge in [0.2, 0.25) is 15.9 Å². The highest BCUT2D eigenvalue weighted by Gasteiger charge is 2.39. The lowest BCUT2D eigenvalue weighted by atomic mass is 10.1. The molecule has 1 aliphatic carbocycles. The Labute approximate surface area is 207 Å². The second-order valence-electron chi connectivity index (χ2n) is 9.31. The van der Waals surface area contributed by atoms with Crippen molar-refractivity contribution in [2.24, 2.45) is 11.8 Å². The maximum absolute atomic E-state index is 13.2. The second-order valence-corrected chi connectivity index (χ2v) is 11.2. The van der Waals surface area contributed by atoms with Crippen LogP contribution in [0.4, 0.5) is 17.1 Å². The van der Waals surface area contributed by atoms with Crippen LogP contribution in [0.5, 0.6) is 0 Å². The Morgan fingerprint density at radius 2 is 1.71 bits per heavy atom. The van der Waals surface area contributed by atoms with Crippen LogP contribution >= 0.6 is 0 Å². The molecule has 2 N–H and O–H groups in total. The van der Waals surface area contributed by atoms with Gasteiger partial charge >= 0.3 is 0 Å². The van der Waals surface area contributed by atoms with Crippen LogP contribution in [-0.2, 0) is 14.8 Å². The molecule has 1 saturated carbocycles. The van der Waals surface area contributed by atoms with Crippen LogP contribution in [0.15, 0.2) is 47.4 Å². The number of nitrogens with zero attached hydrogens (tertiary/aromatic N) is 2. The molecule has 1 heterocycles. The molecule has 4 rings (SSSR count). The van der Waals surface area contributed by atoms with E-state index in [1.807, 2.05) is 6.92 Å². The molecule has 2 unspecified atom stereocenters. The summed E-state index contributed by atoms with van der Waals surface area (Å²) in [4.78, 5) is 27.8. The van der Waals surface area contributed by atoms with Crippen molar-refractivity contribution in [1.82, 2.24) is 4.31 Å². The van der Waals surface area contributed by atoms with Gasteiger partial charge in [0.25, 0.3) is 5.91 Å². The summed E-state index contributed by atoms with van der Waals surface area (Å²) in [5.41, 5.74) is 2.23. The van der Waals surface area contributed by atoms with E-state index in [-0.39, 0.29) is 22.6 Å². The molecular weight excluding hydrogens is 464 g/mol. The first-order valence-corrected chi connectivity index (χ1v) is 13.8. The van der Waals surface area contributed by atoms with Crippen molar-refractivity contribution in [3.05, 3.63) is 48.0 Å². The molecule has 0 spiro atoms. The minimum atomic E-state index is -3.68. The van der Waals surface area contributed by atoms with Crippen LogP contribution in [0, 0.1) is 11.8 Å². The van der Waals surface area contributed by atoms with Crippen molar-refractivity contribution < 1.29 is 18.0 Å². The van der Waals surface area contributed by atoms with Gasteiger partial charge in [0.15, 0.2) is 0 Å². The van der Waals surface area contributed by atoms with Crippen molar-refractivity contribution in [3.8, 4) is 0 Å². The SMILES string of the molecule is CCN(CC)S(=O)(=O)c1ccc(N2CCCC2)c(NC(=O)c2cccc(NC(=O)C3CC3C)c2)c1. The summed E-state index contributed by atoms with van der Waals surface area (Å²) in [7, 11) is -3.68. The Hall–Kier alpha value is -2.91. The first kappa shape index (κ1) is 25.2. The zero-order valence-electron chi connectivity index (χ0n) is 20.6. The van der Waals surface area contributed by atoms with E-state index in [0.717, 1.165) is 38.0 Å². The van der Waals surface area contributed by atoms with Gasteiger partial charge in [-0.2, -0.15) is 4.31 Å². The van der Waals surface area contributed by atoms with Crippen molar-refractivity contribution in [2.75, 3.05) is 41.7 Å². The molecule has 0 aromatic heterocycles. The maximum atomic E-state index is 13.2. The van der Waals surface area contributed by atoms with E-state index in [0.29, 0.717) is 35.9 Å². The van der Waals surface area contributed by atoms with Gasteiger partial charge in [-0.3, -0.25) is 9.59 Å². The van der Waals surface area contributed by atoms with Crippen molar-refractivity contribution in [1.29, 1.82) is 0 Å². The van der Waals surface area contributed by atoms with Crippen LogP contribution in [0.2, 0.25) is 0 Å². The van der Waals surface area contributed by atoms with Gasteiger partial charge in [0.1, 0.15) is 0 Å². The zero-order chi connectivity index (χ0) is 25.2. The van der Waals surface area contributed by atoms with Gasteiger partial charge < -0.3 is 15.5 Å². The number of hydrogen-bond acceptors (Lipinski definition) is 5. The second kappa shape index (κ2) is 10.4. The third-order valence-electron chi connectivity index (χ3n) is 6.84. The Morgan fingerprint density at radius 3 is 2.34 bits per heavy atom. The first-order valence-electron chi connectivity index (χ1n) is 12.4. The summed E-state index contributed by atoms with van der Waals surface area (Å²) in [6.45, 7) is 8.09. The normalized spacial score (nSPS) is 19.6. The standard InChI is InChI=1S/C26H34N4O4S/c1-4-30(5-2)35(33,34)21-11-12-24(29-13-6-7-14-29)23(17-21)28-25(31)19-9-8-10-20(16-19)27-26(32)22-15-18(22)3/h8-12,16-18,22H,4-7,13-15H2,1-3H3,(H,27,32)(H,28,31). The molecular formula is C26H34N4O4S. The lowest BCUT2D eigenvalue weighted by Crippen LogP contribution is -2.31. The van der Waals surface area contributed by atoms with Crippen LogP contribution in [-0.4, -0.2) is 50.7 Å². The van der Waals surface area contributed by atoms with Gasteiger partial charge in [0, 0.05) is 43.3 Å². The molecule has 2 fully saturated rings. The summed E-state index contributed by atoms with van der Waals surface area (Å²) < 4.78 is 27.6. The van der Waals surface area contributed by atoms with E-state index in [1.165, 1.54) is 4.31 Å². The van der Waals surface area contributed by atoms with Crippen LogP contribution < -0.4 is 15.5 Å². The Morgan fingerprint density at radius 1 is 1.03 bits per heavy atom. The van der Waals surface area contributed by atoms with Gasteiger partial charge in [-0.05, 0) is 61.6 Å². The average Bonchev–Trinajstić information content (AvgIpc) is 3.33. The van der Waals surface area contributed by atoms with Crippen molar-refractivity contribution in [2.45, 2.75) is 44.9 Å². The Kier molecular flexibility index (Phi) is 7.47. The molecule has 2 aliphatic rings. The number of benzene rings is 2. The molecule has 2 atom stereocenters. The summed E-state index contributed by atoms with van der Waals surface area (Å²) in [6, 6.07) is 11.8. The lowest BCUT2D eigenvalue weighted by Gasteiger charge is -2.24. The number of hydrogen-bond donors (Lipinski definition) is 2. The molecule has 2 aromatic carbocycles. The quantitative estimate of drug-likeness (QED) is 0.541. The molecule has 0 bridgehead atoms. The molecule has 35 heavy (non-hydrogen) atoms. The number of carbonyl (C=O) groups excluding carboxylic acids is 2. The summed E-state index contributed by atoms with van der Waals surface area (Å²) >= 11 is 0. The largest absolute Gasteiger partial charge is 0.370 e. The predicted molar refractivity (Wildman–Crippen MR) is 138 cm³/mol. The van der Waals surface area contributed by atoms with Crippen LogP contribution in [0.25, 0.3) is 0 Å². The number of anilines is 3. The number of rotatable bonds is 9. The van der Waals surface area contributed by atoms with E-state index in [4.69, 9.17) is 0 Å². The van der Waals surface area contributed by atoms with E-state index < -0.39 is 10.0 Å². The third-order valence-corrected chi connectivity index (χ3v) is 8.89. The summed E-state index contributed by atoms with van der Waals surface area (Å²) in [5.74, 6) is 0.0378. The number of amides is 2. The molecule has 2 amide bonds. The maximum Gasteiger partial charge on any atom is 0.255 e. The van der Waals surface area contributed by atoms with Gasteiger partial charge in [-0.15, -0.1) is 0 Å². The number of sulfonamides is 1. The molecule has 2 aromatic rings.